The molecular formula is C20H24N6O3. The van der Waals surface area contributed by atoms with Crippen LogP contribution < -0.4 is 4.74 Å². The zero-order valence-electron chi connectivity index (χ0n) is 16.4. The first kappa shape index (κ1) is 19.1. The SMILES string of the molecule is COc1ccc2c(C(=O)C(=O)N(Cc3nn[nH]n3)CC3CCCCC3)c[nH]c2c1. The summed E-state index contributed by atoms with van der Waals surface area (Å²) in [7, 11) is 1.58. The van der Waals surface area contributed by atoms with Crippen LogP contribution >= 0.6 is 0 Å². The molecule has 0 aliphatic heterocycles. The van der Waals surface area contributed by atoms with Crippen LogP contribution in [0.3, 0.4) is 0 Å². The van der Waals surface area contributed by atoms with Crippen LogP contribution in [-0.4, -0.2) is 55.9 Å². The van der Waals surface area contributed by atoms with E-state index in [4.69, 9.17) is 4.74 Å². The van der Waals surface area contributed by atoms with Gasteiger partial charge in [0.1, 0.15) is 5.75 Å². The summed E-state index contributed by atoms with van der Waals surface area (Å²) >= 11 is 0. The first-order chi connectivity index (χ1) is 14.2. The maximum absolute atomic E-state index is 13.2. The molecule has 9 nitrogen and oxygen atoms in total. The first-order valence-electron chi connectivity index (χ1n) is 9.86. The van der Waals surface area contributed by atoms with E-state index in [0.717, 1.165) is 31.2 Å². The third-order valence-electron chi connectivity index (χ3n) is 5.54. The molecular weight excluding hydrogens is 372 g/mol. The maximum Gasteiger partial charge on any atom is 0.295 e. The lowest BCUT2D eigenvalue weighted by Crippen LogP contribution is -2.40. The fraction of sp³-hybridized carbons (Fsp3) is 0.450. The fourth-order valence-corrected chi connectivity index (χ4v) is 4.00. The second-order valence-electron chi connectivity index (χ2n) is 7.46. The number of H-pyrrole nitrogens is 2. The molecule has 2 heterocycles. The predicted octanol–water partition coefficient (Wildman–Crippen LogP) is 2.48. The Hall–Kier alpha value is -3.23. The highest BCUT2D eigenvalue weighted by atomic mass is 16.5. The van der Waals surface area contributed by atoms with Gasteiger partial charge in [0.25, 0.3) is 11.7 Å². The Bertz CT molecular complexity index is 991. The minimum Gasteiger partial charge on any atom is -0.497 e. The van der Waals surface area contributed by atoms with E-state index in [2.05, 4.69) is 25.6 Å². The van der Waals surface area contributed by atoms with Gasteiger partial charge in [0, 0.05) is 29.7 Å². The number of rotatable bonds is 7. The molecule has 0 bridgehead atoms. The zero-order chi connectivity index (χ0) is 20.2. The van der Waals surface area contributed by atoms with Gasteiger partial charge in [-0.15, -0.1) is 10.2 Å². The highest BCUT2D eigenvalue weighted by Crippen LogP contribution is 2.27. The summed E-state index contributed by atoms with van der Waals surface area (Å²) in [6.07, 6.45) is 7.26. The molecule has 1 saturated carbocycles. The molecule has 1 aliphatic rings. The highest BCUT2D eigenvalue weighted by molar-refractivity contribution is 6.44. The second kappa shape index (κ2) is 8.42. The number of aromatic amines is 2. The van der Waals surface area contributed by atoms with E-state index in [1.54, 1.807) is 36.4 Å². The summed E-state index contributed by atoms with van der Waals surface area (Å²) < 4.78 is 5.22. The molecule has 0 unspecified atom stereocenters. The van der Waals surface area contributed by atoms with Crippen LogP contribution in [0.15, 0.2) is 24.4 Å². The molecule has 1 aliphatic carbocycles. The lowest BCUT2D eigenvalue weighted by molar-refractivity contribution is -0.128. The number of methoxy groups -OCH3 is 1. The van der Waals surface area contributed by atoms with Crippen LogP contribution in [0.1, 0.15) is 48.3 Å². The number of nitrogens with one attached hydrogen (secondary N) is 2. The molecule has 4 rings (SSSR count). The first-order valence-corrected chi connectivity index (χ1v) is 9.86. The van der Waals surface area contributed by atoms with Gasteiger partial charge in [0.15, 0.2) is 5.82 Å². The van der Waals surface area contributed by atoms with E-state index in [-0.39, 0.29) is 6.54 Å². The lowest BCUT2D eigenvalue weighted by atomic mass is 9.89. The Labute approximate surface area is 167 Å². The molecule has 3 aromatic rings. The molecule has 0 saturated heterocycles. The van der Waals surface area contributed by atoms with Gasteiger partial charge in [-0.05, 0) is 30.9 Å². The number of carbonyl (C=O) groups is 2. The highest BCUT2D eigenvalue weighted by Gasteiger charge is 2.29. The smallest absolute Gasteiger partial charge is 0.295 e. The van der Waals surface area contributed by atoms with Crippen molar-refractivity contribution in [2.45, 2.75) is 38.6 Å². The van der Waals surface area contributed by atoms with Crippen LogP contribution in [-0.2, 0) is 11.3 Å². The van der Waals surface area contributed by atoms with Crippen LogP contribution in [0.5, 0.6) is 5.75 Å². The van der Waals surface area contributed by atoms with Gasteiger partial charge >= 0.3 is 0 Å². The van der Waals surface area contributed by atoms with Crippen LogP contribution in [0.2, 0.25) is 0 Å². The molecule has 0 radical (unpaired) electrons. The minimum atomic E-state index is -0.544. The number of ether oxygens (including phenoxy) is 1. The fourth-order valence-electron chi connectivity index (χ4n) is 4.00. The van der Waals surface area contributed by atoms with Crippen LogP contribution in [0.4, 0.5) is 0 Å². The van der Waals surface area contributed by atoms with E-state index in [0.29, 0.717) is 35.0 Å². The third kappa shape index (κ3) is 4.13. The molecule has 0 spiro atoms. The van der Waals surface area contributed by atoms with Gasteiger partial charge in [-0.25, -0.2) is 0 Å². The Morgan fingerprint density at radius 2 is 2.07 bits per heavy atom. The van der Waals surface area contributed by atoms with Crippen molar-refractivity contribution in [3.8, 4) is 5.75 Å². The van der Waals surface area contributed by atoms with E-state index < -0.39 is 11.7 Å². The summed E-state index contributed by atoms with van der Waals surface area (Å²) in [5, 5.41) is 14.6. The second-order valence-corrected chi connectivity index (χ2v) is 7.46. The van der Waals surface area contributed by atoms with E-state index >= 15 is 0 Å². The molecule has 152 valence electrons. The number of hydrogen-bond acceptors (Lipinski definition) is 6. The number of benzene rings is 1. The van der Waals surface area contributed by atoms with Gasteiger partial charge in [0.2, 0.25) is 0 Å². The topological polar surface area (TPSA) is 117 Å². The number of ketones is 1. The Kier molecular flexibility index (Phi) is 5.55. The van der Waals surface area contributed by atoms with Crippen LogP contribution in [0.25, 0.3) is 10.9 Å². The molecule has 1 aromatic carbocycles. The number of aromatic nitrogens is 5. The summed E-state index contributed by atoms with van der Waals surface area (Å²) in [6, 6.07) is 5.36. The van der Waals surface area contributed by atoms with Crippen molar-refractivity contribution in [1.82, 2.24) is 30.5 Å². The van der Waals surface area contributed by atoms with Crippen LogP contribution in [0, 0.1) is 5.92 Å². The quantitative estimate of drug-likeness (QED) is 0.468. The Morgan fingerprint density at radius 3 is 2.79 bits per heavy atom. The molecule has 9 heteroatoms. The van der Waals surface area contributed by atoms with Crippen molar-refractivity contribution in [3.63, 3.8) is 0 Å². The summed E-state index contributed by atoms with van der Waals surface area (Å²) in [4.78, 5) is 30.9. The van der Waals surface area contributed by atoms with Gasteiger partial charge < -0.3 is 14.6 Å². The zero-order valence-corrected chi connectivity index (χ0v) is 16.4. The summed E-state index contributed by atoms with van der Waals surface area (Å²) in [6.45, 7) is 0.684. The Balaban J connectivity index is 1.57. The number of hydrogen-bond donors (Lipinski definition) is 2. The molecule has 1 fully saturated rings. The lowest BCUT2D eigenvalue weighted by Gasteiger charge is -2.28. The van der Waals surface area contributed by atoms with Crippen molar-refractivity contribution in [3.05, 3.63) is 35.8 Å². The largest absolute Gasteiger partial charge is 0.497 e. The molecule has 2 aromatic heterocycles. The van der Waals surface area contributed by atoms with Gasteiger partial charge in [-0.3, -0.25) is 9.59 Å². The van der Waals surface area contributed by atoms with E-state index in [9.17, 15) is 9.59 Å². The summed E-state index contributed by atoms with van der Waals surface area (Å²) in [5.41, 5.74) is 1.10. The average molecular weight is 396 g/mol. The number of Topliss-reactive ketones (excluding diaryl/α,β-unsaturated/α-hetero) is 1. The van der Waals surface area contributed by atoms with Crippen molar-refractivity contribution in [2.75, 3.05) is 13.7 Å². The van der Waals surface area contributed by atoms with Crippen molar-refractivity contribution >= 4 is 22.6 Å². The van der Waals surface area contributed by atoms with Crippen molar-refractivity contribution < 1.29 is 14.3 Å². The number of amides is 1. The molecule has 0 atom stereocenters. The number of nitrogens with zero attached hydrogens (tertiary/aromatic N) is 4. The molecule has 1 amide bonds. The summed E-state index contributed by atoms with van der Waals surface area (Å²) in [5.74, 6) is 0.378. The number of fused-ring (bicyclic) bond motifs is 1. The van der Waals surface area contributed by atoms with E-state index in [1.807, 2.05) is 0 Å². The maximum atomic E-state index is 13.2. The molecule has 29 heavy (non-hydrogen) atoms. The third-order valence-corrected chi connectivity index (χ3v) is 5.54. The van der Waals surface area contributed by atoms with Gasteiger partial charge in [-0.1, -0.05) is 24.5 Å². The predicted molar refractivity (Wildman–Crippen MR) is 105 cm³/mol. The van der Waals surface area contributed by atoms with Gasteiger partial charge in [0.05, 0.1) is 19.2 Å². The van der Waals surface area contributed by atoms with Crippen molar-refractivity contribution in [2.24, 2.45) is 5.92 Å². The van der Waals surface area contributed by atoms with Crippen molar-refractivity contribution in [1.29, 1.82) is 0 Å². The molecule has 2 N–H and O–H groups in total. The van der Waals surface area contributed by atoms with Gasteiger partial charge in [-0.2, -0.15) is 5.21 Å². The number of tetrazole rings is 1. The standard InChI is InChI=1S/C20H24N6O3/c1-29-14-7-8-15-16(10-21-17(15)9-14)19(27)20(28)26(12-18-22-24-25-23-18)11-13-5-3-2-4-6-13/h7-10,13,21H,2-6,11-12H2,1H3,(H,22,23,24,25). The normalized spacial score (nSPS) is 14.8. The van der Waals surface area contributed by atoms with E-state index in [1.165, 1.54) is 6.42 Å². The monoisotopic (exact) mass is 396 g/mol. The number of carbonyl (C=O) groups excluding carboxylic acids is 2. The average Bonchev–Trinajstić information content (AvgIpc) is 3.42. The minimum absolute atomic E-state index is 0.160. The Morgan fingerprint density at radius 1 is 1.24 bits per heavy atom.